The number of piperazine rings is 1. The van der Waals surface area contributed by atoms with E-state index in [1.807, 2.05) is 0 Å². The van der Waals surface area contributed by atoms with Gasteiger partial charge in [0.15, 0.2) is 0 Å². The highest BCUT2D eigenvalue weighted by atomic mass is 33.1. The van der Waals surface area contributed by atoms with Crippen LogP contribution >= 0.6 is 46.0 Å². The van der Waals surface area contributed by atoms with Gasteiger partial charge in [-0.3, -0.25) is 19.4 Å². The van der Waals surface area contributed by atoms with Crippen LogP contribution in [0.2, 0.25) is 0 Å². The van der Waals surface area contributed by atoms with Crippen LogP contribution in [-0.2, 0) is 0 Å². The quantitative estimate of drug-likeness (QED) is 0.356. The van der Waals surface area contributed by atoms with Gasteiger partial charge in [0.05, 0.1) is 11.1 Å². The predicted molar refractivity (Wildman–Crippen MR) is 120 cm³/mol. The maximum atomic E-state index is 12.2. The van der Waals surface area contributed by atoms with E-state index in [0.717, 1.165) is 32.7 Å². The monoisotopic (exact) mass is 443 g/mol. The third kappa shape index (κ3) is 6.70. The van der Waals surface area contributed by atoms with Crippen molar-refractivity contribution in [1.82, 2.24) is 15.1 Å². The molecule has 5 N–H and O–H groups in total. The topological polar surface area (TPSA) is 105 Å². The number of thiocarbonyl (C=S) groups is 2. The predicted octanol–water partition coefficient (Wildman–Crippen LogP) is 1.04. The molecule has 0 radical (unpaired) electrons. The third-order valence-electron chi connectivity index (χ3n) is 3.93. The van der Waals surface area contributed by atoms with Gasteiger partial charge in [0, 0.05) is 39.3 Å². The Morgan fingerprint density at radius 2 is 1.44 bits per heavy atom. The van der Waals surface area contributed by atoms with Gasteiger partial charge in [-0.15, -0.1) is 0 Å². The first kappa shape index (κ1) is 22.1. The molecule has 7 nitrogen and oxygen atoms in total. The Balaban J connectivity index is 0.000000279. The highest BCUT2D eigenvalue weighted by Crippen LogP contribution is 2.22. The molecule has 1 aromatic carbocycles. The molecule has 0 unspecified atom stereocenters. The summed E-state index contributed by atoms with van der Waals surface area (Å²) in [5.41, 5.74) is 11.3. The van der Waals surface area contributed by atoms with Crippen LogP contribution in [-0.4, -0.2) is 69.5 Å². The molecule has 2 aliphatic heterocycles. The highest BCUT2D eigenvalue weighted by Gasteiger charge is 2.34. The van der Waals surface area contributed by atoms with Gasteiger partial charge in [0.25, 0.3) is 11.8 Å². The summed E-state index contributed by atoms with van der Waals surface area (Å²) in [6.45, 7) is 5.13. The second kappa shape index (κ2) is 10.9. The van der Waals surface area contributed by atoms with Crippen LogP contribution in [0.25, 0.3) is 0 Å². The van der Waals surface area contributed by atoms with E-state index >= 15 is 0 Å². The molecule has 1 aromatic rings. The molecule has 2 heterocycles. The van der Waals surface area contributed by atoms with E-state index in [1.165, 1.54) is 26.5 Å². The summed E-state index contributed by atoms with van der Waals surface area (Å²) in [6, 6.07) is 7.04. The Morgan fingerprint density at radius 1 is 0.963 bits per heavy atom. The van der Waals surface area contributed by atoms with Crippen LogP contribution < -0.4 is 16.8 Å². The number of hydrogen-bond acceptors (Lipinski definition) is 8. The van der Waals surface area contributed by atoms with Crippen molar-refractivity contribution in [2.24, 2.45) is 11.5 Å². The molecule has 0 atom stereocenters. The first-order chi connectivity index (χ1) is 12.9. The lowest BCUT2D eigenvalue weighted by Gasteiger charge is -2.28. The SMILES string of the molecule is NC(=S)SSC(N)=S.O=C1c2ccccc2C(=O)N1CCN1CCNCC1. The molecule has 0 spiro atoms. The summed E-state index contributed by atoms with van der Waals surface area (Å²) in [4.78, 5) is 28.0. The summed E-state index contributed by atoms with van der Waals surface area (Å²) in [6.07, 6.45) is 0. The number of nitrogens with zero attached hydrogens (tertiary/aromatic N) is 2. The number of rotatable bonds is 3. The van der Waals surface area contributed by atoms with E-state index in [2.05, 4.69) is 34.7 Å². The first-order valence-electron chi connectivity index (χ1n) is 8.22. The second-order valence-corrected chi connectivity index (χ2v) is 9.31. The minimum atomic E-state index is -0.157. The van der Waals surface area contributed by atoms with Gasteiger partial charge < -0.3 is 16.8 Å². The van der Waals surface area contributed by atoms with E-state index in [-0.39, 0.29) is 11.8 Å². The van der Waals surface area contributed by atoms with Gasteiger partial charge in [0.1, 0.15) is 8.64 Å². The van der Waals surface area contributed by atoms with Crippen LogP contribution in [0.15, 0.2) is 24.3 Å². The maximum Gasteiger partial charge on any atom is 0.261 e. The zero-order chi connectivity index (χ0) is 19.8. The van der Waals surface area contributed by atoms with E-state index in [0.29, 0.717) is 26.3 Å². The Labute approximate surface area is 177 Å². The number of amides is 2. The number of nitrogens with two attached hydrogens (primary N) is 2. The molecule has 0 aromatic heterocycles. The van der Waals surface area contributed by atoms with Crippen LogP contribution in [0.1, 0.15) is 20.7 Å². The van der Waals surface area contributed by atoms with Gasteiger partial charge in [-0.25, -0.2) is 0 Å². The molecule has 0 saturated carbocycles. The van der Waals surface area contributed by atoms with E-state index in [1.54, 1.807) is 24.3 Å². The smallest absolute Gasteiger partial charge is 0.261 e. The van der Waals surface area contributed by atoms with Crippen molar-refractivity contribution in [1.29, 1.82) is 0 Å². The van der Waals surface area contributed by atoms with Gasteiger partial charge in [-0.1, -0.05) is 36.6 Å². The van der Waals surface area contributed by atoms with E-state index in [4.69, 9.17) is 11.5 Å². The molecule has 27 heavy (non-hydrogen) atoms. The average molecular weight is 444 g/mol. The van der Waals surface area contributed by atoms with Crippen molar-refractivity contribution in [3.8, 4) is 0 Å². The Morgan fingerprint density at radius 3 is 1.89 bits per heavy atom. The van der Waals surface area contributed by atoms with Crippen molar-refractivity contribution in [2.75, 3.05) is 39.3 Å². The number of carbonyl (C=O) groups excluding carboxylic acids is 2. The molecule has 1 saturated heterocycles. The number of nitrogens with one attached hydrogen (secondary N) is 1. The normalized spacial score (nSPS) is 16.5. The molecule has 0 aliphatic carbocycles. The third-order valence-corrected chi connectivity index (χ3v) is 6.81. The molecule has 3 rings (SSSR count). The minimum Gasteiger partial charge on any atom is -0.384 e. The molecule has 11 heteroatoms. The molecule has 146 valence electrons. The lowest BCUT2D eigenvalue weighted by atomic mass is 10.1. The lowest BCUT2D eigenvalue weighted by Crippen LogP contribution is -2.47. The Hall–Kier alpha value is -1.24. The van der Waals surface area contributed by atoms with Gasteiger partial charge in [-0.2, -0.15) is 0 Å². The second-order valence-electron chi connectivity index (χ2n) is 5.70. The fourth-order valence-corrected chi connectivity index (χ4v) is 3.97. The standard InChI is InChI=1S/C14H17N3O2.C2H4N2S4/c18-13-11-3-1-2-4-12(11)14(19)17(13)10-9-16-7-5-15-6-8-16;3-1(5)7-8-2(4)6/h1-4,15H,5-10H2;(H2,3,5)(H2,4,6). The van der Waals surface area contributed by atoms with E-state index in [9.17, 15) is 9.59 Å². The molecule has 2 aliphatic rings. The summed E-state index contributed by atoms with van der Waals surface area (Å²) < 4.78 is 0.700. The number of hydrogen-bond donors (Lipinski definition) is 3. The van der Waals surface area contributed by atoms with Crippen molar-refractivity contribution in [3.05, 3.63) is 35.4 Å². The zero-order valence-corrected chi connectivity index (χ0v) is 17.8. The van der Waals surface area contributed by atoms with Crippen molar-refractivity contribution >= 4 is 66.5 Å². The molecular formula is C16H21N5O2S4. The lowest BCUT2D eigenvalue weighted by molar-refractivity contribution is 0.0633. The van der Waals surface area contributed by atoms with Gasteiger partial charge >= 0.3 is 0 Å². The Kier molecular flexibility index (Phi) is 8.93. The van der Waals surface area contributed by atoms with Crippen molar-refractivity contribution in [3.63, 3.8) is 0 Å². The summed E-state index contributed by atoms with van der Waals surface area (Å²) in [5, 5.41) is 3.29. The van der Waals surface area contributed by atoms with Crippen LogP contribution in [0.3, 0.4) is 0 Å². The molecule has 1 fully saturated rings. The molecule has 0 bridgehead atoms. The van der Waals surface area contributed by atoms with Gasteiger partial charge in [0.2, 0.25) is 0 Å². The first-order valence-corrected chi connectivity index (χ1v) is 11.2. The average Bonchev–Trinajstić information content (AvgIpc) is 2.91. The number of fused-ring (bicyclic) bond motifs is 1. The maximum absolute atomic E-state index is 12.2. The van der Waals surface area contributed by atoms with Crippen LogP contribution in [0.5, 0.6) is 0 Å². The largest absolute Gasteiger partial charge is 0.384 e. The summed E-state index contributed by atoms with van der Waals surface area (Å²) in [7, 11) is 2.40. The number of carbonyl (C=O) groups is 2. The summed E-state index contributed by atoms with van der Waals surface area (Å²) in [5.74, 6) is -0.313. The molecular weight excluding hydrogens is 422 g/mol. The highest BCUT2D eigenvalue weighted by molar-refractivity contribution is 8.89. The fourth-order valence-electron chi connectivity index (χ4n) is 2.70. The Bertz CT molecular complexity index is 676. The van der Waals surface area contributed by atoms with E-state index < -0.39 is 0 Å². The van der Waals surface area contributed by atoms with Crippen LogP contribution in [0.4, 0.5) is 0 Å². The zero-order valence-electron chi connectivity index (χ0n) is 14.6. The number of benzene rings is 1. The van der Waals surface area contributed by atoms with Crippen LogP contribution in [0, 0.1) is 0 Å². The van der Waals surface area contributed by atoms with Gasteiger partial charge in [-0.05, 0) is 33.7 Å². The summed E-state index contributed by atoms with van der Waals surface area (Å²) >= 11 is 9.04. The molecule has 2 amide bonds. The van der Waals surface area contributed by atoms with Crippen molar-refractivity contribution in [2.45, 2.75) is 0 Å². The number of imide groups is 1. The minimum absolute atomic E-state index is 0.157. The fraction of sp³-hybridized carbons (Fsp3) is 0.375. The van der Waals surface area contributed by atoms with Crippen molar-refractivity contribution < 1.29 is 9.59 Å².